The number of benzene rings is 2. The number of nitrogens with one attached hydrogen (secondary N) is 2. The lowest BCUT2D eigenvalue weighted by molar-refractivity contribution is 0.0686. The van der Waals surface area contributed by atoms with E-state index in [1.807, 2.05) is 0 Å². The van der Waals surface area contributed by atoms with Crippen molar-refractivity contribution >= 4 is 65.3 Å². The minimum atomic E-state index is -3.51. The Hall–Kier alpha value is -5.98. The summed E-state index contributed by atoms with van der Waals surface area (Å²) in [4.78, 5) is 32.6. The summed E-state index contributed by atoms with van der Waals surface area (Å²) in [5.41, 5.74) is 2.84. The Morgan fingerprint density at radius 2 is 1.07 bits per heavy atom. The van der Waals surface area contributed by atoms with Crippen LogP contribution in [0.4, 0.5) is 32.3 Å². The van der Waals surface area contributed by atoms with Gasteiger partial charge in [-0.05, 0) is 62.8 Å². The molecule has 360 valence electrons. The monoisotopic (exact) mass is 976 g/mol. The molecule has 4 fully saturated rings. The molecule has 0 amide bonds. The lowest BCUT2D eigenvalue weighted by Gasteiger charge is -2.44. The number of imidazole rings is 2. The number of hydrogen-bond donors (Lipinski definition) is 2. The lowest BCUT2D eigenvalue weighted by atomic mass is 9.81. The zero-order valence-electron chi connectivity index (χ0n) is 37.8. The van der Waals surface area contributed by atoms with Crippen LogP contribution in [0.25, 0.3) is 34.0 Å². The van der Waals surface area contributed by atoms with Gasteiger partial charge in [-0.3, -0.25) is 0 Å². The van der Waals surface area contributed by atoms with Gasteiger partial charge in [-0.2, -0.15) is 9.97 Å². The zero-order valence-corrected chi connectivity index (χ0v) is 39.5. The molecule has 8 heterocycles. The van der Waals surface area contributed by atoms with Crippen molar-refractivity contribution in [3.8, 4) is 23.4 Å². The van der Waals surface area contributed by atoms with Crippen LogP contribution in [0.5, 0.6) is 11.5 Å². The first kappa shape index (κ1) is 44.5. The van der Waals surface area contributed by atoms with Gasteiger partial charge in [0.2, 0.25) is 23.8 Å². The highest BCUT2D eigenvalue weighted by Gasteiger charge is 2.54. The molecule has 2 aliphatic carbocycles. The maximum atomic E-state index is 14.2. The smallest absolute Gasteiger partial charge is 0.239 e. The van der Waals surface area contributed by atoms with E-state index >= 15 is 0 Å². The van der Waals surface area contributed by atoms with Gasteiger partial charge in [-0.1, -0.05) is 0 Å². The van der Waals surface area contributed by atoms with Crippen molar-refractivity contribution in [1.29, 1.82) is 0 Å². The van der Waals surface area contributed by atoms with Gasteiger partial charge in [-0.15, -0.1) is 0 Å². The zero-order chi connectivity index (χ0) is 47.3. The predicted molar refractivity (Wildman–Crippen MR) is 248 cm³/mol. The Balaban J connectivity index is 0.000000149. The van der Waals surface area contributed by atoms with Crippen molar-refractivity contribution in [2.24, 2.45) is 0 Å². The van der Waals surface area contributed by atoms with Crippen LogP contribution in [0.15, 0.2) is 36.4 Å². The summed E-state index contributed by atoms with van der Waals surface area (Å²) in [6.45, 7) is 4.01. The highest BCUT2D eigenvalue weighted by molar-refractivity contribution is 7.92. The summed E-state index contributed by atoms with van der Waals surface area (Å²) in [6.07, 6.45) is 5.94. The molecule has 6 aliphatic rings. The first-order chi connectivity index (χ1) is 32.6. The summed E-state index contributed by atoms with van der Waals surface area (Å²) >= 11 is 0. The number of rotatable bonds is 8. The molecule has 2 N–H and O–H groups in total. The third kappa shape index (κ3) is 6.90. The number of nitrogens with zero attached hydrogens (tertiary/aromatic N) is 10. The van der Waals surface area contributed by atoms with Gasteiger partial charge < -0.3 is 39.4 Å². The number of aromatic nitrogens is 8. The number of ether oxygens (including phenoxy) is 4. The van der Waals surface area contributed by atoms with E-state index in [2.05, 4.69) is 30.4 Å². The average molecular weight is 977 g/mol. The molecule has 0 radical (unpaired) electrons. The SMILES string of the molecule is CNc1nc2cc(F)ccc2n1-c1nc2c(c(C3(S(C)(=O)=O)CCC3)n1)OC[C@@H]1COCCN21.CNc1nc2ccc(F)cc2n1-c1nc2c(c(C3(S(C)(=O)=O)CCC3)n1)OC[C@@H]1COCCN21. The Kier molecular flexibility index (Phi) is 10.7. The summed E-state index contributed by atoms with van der Waals surface area (Å²) < 4.78 is 105. The minimum Gasteiger partial charge on any atom is -0.486 e. The molecular weight excluding hydrogens is 927 g/mol. The van der Waals surface area contributed by atoms with Crippen LogP contribution in [0, 0.1) is 11.6 Å². The molecule has 0 unspecified atom stereocenters. The molecule has 68 heavy (non-hydrogen) atoms. The van der Waals surface area contributed by atoms with E-state index in [0.717, 1.165) is 12.8 Å². The summed E-state index contributed by atoms with van der Waals surface area (Å²) in [5, 5.41) is 6.04. The normalized spacial score (nSPS) is 21.4. The van der Waals surface area contributed by atoms with Crippen LogP contribution in [-0.2, 0) is 38.6 Å². The van der Waals surface area contributed by atoms with Crippen LogP contribution in [-0.4, -0.2) is 147 Å². The van der Waals surface area contributed by atoms with Crippen LogP contribution in [0.1, 0.15) is 49.9 Å². The molecule has 0 bridgehead atoms. The second-order valence-electron chi connectivity index (χ2n) is 18.1. The van der Waals surface area contributed by atoms with Gasteiger partial charge in [0, 0.05) is 51.8 Å². The van der Waals surface area contributed by atoms with Gasteiger partial charge >= 0.3 is 0 Å². The van der Waals surface area contributed by atoms with Crippen LogP contribution in [0.3, 0.4) is 0 Å². The fourth-order valence-electron chi connectivity index (χ4n) is 10.2. The van der Waals surface area contributed by atoms with Crippen molar-refractivity contribution < 1.29 is 44.6 Å². The molecule has 2 saturated heterocycles. The van der Waals surface area contributed by atoms with Crippen LogP contribution < -0.4 is 29.9 Å². The quantitative estimate of drug-likeness (QED) is 0.220. The highest BCUT2D eigenvalue weighted by Crippen LogP contribution is 2.54. The van der Waals surface area contributed by atoms with E-state index in [1.54, 1.807) is 35.4 Å². The van der Waals surface area contributed by atoms with E-state index in [1.165, 1.54) is 36.8 Å². The predicted octanol–water partition coefficient (Wildman–Crippen LogP) is 4.04. The first-order valence-electron chi connectivity index (χ1n) is 22.6. The molecular formula is C44H50F2N12O8S2. The maximum absolute atomic E-state index is 14.2. The Bertz CT molecular complexity index is 3230. The molecule has 4 aromatic heterocycles. The summed E-state index contributed by atoms with van der Waals surface area (Å²) in [7, 11) is -3.59. The second kappa shape index (κ2) is 16.3. The van der Waals surface area contributed by atoms with E-state index in [-0.39, 0.29) is 24.0 Å². The maximum Gasteiger partial charge on any atom is 0.239 e. The lowest BCUT2D eigenvalue weighted by Crippen LogP contribution is -2.52. The Morgan fingerprint density at radius 3 is 1.54 bits per heavy atom. The van der Waals surface area contributed by atoms with Crippen molar-refractivity contribution in [3.63, 3.8) is 0 Å². The fraction of sp³-hybridized carbons (Fsp3) is 0.500. The summed E-state index contributed by atoms with van der Waals surface area (Å²) in [5.74, 6) is 2.43. The van der Waals surface area contributed by atoms with E-state index in [0.29, 0.717) is 147 Å². The van der Waals surface area contributed by atoms with Crippen molar-refractivity contribution in [3.05, 3.63) is 59.4 Å². The molecule has 24 heteroatoms. The van der Waals surface area contributed by atoms with E-state index in [4.69, 9.17) is 38.9 Å². The van der Waals surface area contributed by atoms with Crippen molar-refractivity contribution in [2.45, 2.75) is 60.1 Å². The van der Waals surface area contributed by atoms with Gasteiger partial charge in [0.1, 0.15) is 45.7 Å². The third-order valence-electron chi connectivity index (χ3n) is 14.2. The van der Waals surface area contributed by atoms with Crippen molar-refractivity contribution in [2.75, 3.05) is 99.8 Å². The number of fused-ring (bicyclic) bond motifs is 8. The van der Waals surface area contributed by atoms with Gasteiger partial charge in [0.25, 0.3) is 0 Å². The van der Waals surface area contributed by atoms with Gasteiger partial charge in [0.15, 0.2) is 42.8 Å². The third-order valence-corrected chi connectivity index (χ3v) is 18.2. The molecule has 2 aromatic carbocycles. The van der Waals surface area contributed by atoms with Crippen LogP contribution >= 0.6 is 0 Å². The molecule has 0 spiro atoms. The molecule has 2 saturated carbocycles. The summed E-state index contributed by atoms with van der Waals surface area (Å²) in [6, 6.07) is 8.56. The van der Waals surface area contributed by atoms with Crippen LogP contribution in [0.2, 0.25) is 0 Å². The standard InChI is InChI=1S/2C22H25FN6O4S/c1-24-20-25-15-10-13(23)4-5-16(15)29(20)21-26-18(22(6-3-7-22)34(2,30)31)17-19(27-21)28-8-9-32-11-14(28)12-33-17;1-24-20-25-15-5-4-13(23)10-16(15)29(20)21-26-18(22(6-3-7-22)34(2,30)31)17-19(27-21)28-8-9-32-11-14(28)12-33-17/h2*4-5,10,14H,3,6-9,11-12H2,1-2H3,(H,24,25)/t2*14-/m00/s1. The number of morpholine rings is 2. The van der Waals surface area contributed by atoms with Gasteiger partial charge in [0.05, 0.1) is 60.6 Å². The highest BCUT2D eigenvalue weighted by atomic mass is 32.2. The van der Waals surface area contributed by atoms with E-state index in [9.17, 15) is 25.6 Å². The van der Waals surface area contributed by atoms with Gasteiger partial charge in [-0.25, -0.2) is 54.7 Å². The fourth-order valence-corrected chi connectivity index (χ4v) is 13.3. The van der Waals surface area contributed by atoms with E-state index < -0.39 is 40.8 Å². The average Bonchev–Trinajstić information content (AvgIpc) is 3.84. The number of sulfone groups is 2. The molecule has 12 rings (SSSR count). The number of anilines is 4. The number of halogens is 2. The second-order valence-corrected chi connectivity index (χ2v) is 22.7. The Labute approximate surface area is 390 Å². The number of hydrogen-bond acceptors (Lipinski definition) is 18. The minimum absolute atomic E-state index is 0.0233. The topological polar surface area (TPSA) is 223 Å². The van der Waals surface area contributed by atoms with Crippen molar-refractivity contribution in [1.82, 2.24) is 39.0 Å². The molecule has 6 aromatic rings. The molecule has 4 aliphatic heterocycles. The Morgan fingerprint density at radius 1 is 0.603 bits per heavy atom. The molecule has 20 nitrogen and oxygen atoms in total. The largest absolute Gasteiger partial charge is 0.486 e. The first-order valence-corrected chi connectivity index (χ1v) is 26.3. The molecule has 2 atom stereocenters.